The smallest absolute Gasteiger partial charge is 0.411 e. The lowest BCUT2D eigenvalue weighted by molar-refractivity contribution is -0.122. The van der Waals surface area contributed by atoms with Gasteiger partial charge in [0.15, 0.2) is 6.10 Å². The molecule has 2 aromatic rings. The normalized spacial score (nSPS) is 11.4. The molecule has 0 heterocycles. The van der Waals surface area contributed by atoms with E-state index in [-0.39, 0.29) is 5.91 Å². The first-order valence-electron chi connectivity index (χ1n) is 7.26. The Labute approximate surface area is 155 Å². The maximum atomic E-state index is 12.2. The number of amides is 2. The first-order chi connectivity index (χ1) is 11.9. The Morgan fingerprint density at radius 1 is 1.00 bits per heavy atom. The van der Waals surface area contributed by atoms with Gasteiger partial charge in [-0.2, -0.15) is 0 Å². The van der Waals surface area contributed by atoms with Crippen molar-refractivity contribution in [3.63, 3.8) is 0 Å². The minimum Gasteiger partial charge on any atom is -0.479 e. The predicted molar refractivity (Wildman–Crippen MR) is 97.7 cm³/mol. The molecule has 0 saturated heterocycles. The van der Waals surface area contributed by atoms with Crippen molar-refractivity contribution in [3.05, 3.63) is 52.5 Å². The number of hydrogen-bond acceptors (Lipinski definition) is 4. The number of ether oxygens (including phenoxy) is 2. The molecule has 25 heavy (non-hydrogen) atoms. The van der Waals surface area contributed by atoms with Crippen molar-refractivity contribution in [1.82, 2.24) is 0 Å². The van der Waals surface area contributed by atoms with Crippen LogP contribution in [0.15, 0.2) is 42.5 Å². The molecule has 0 saturated carbocycles. The molecule has 0 fully saturated rings. The van der Waals surface area contributed by atoms with Crippen molar-refractivity contribution in [2.75, 3.05) is 17.7 Å². The van der Waals surface area contributed by atoms with E-state index in [0.717, 1.165) is 0 Å². The molecule has 2 amide bonds. The third-order valence-electron chi connectivity index (χ3n) is 3.15. The van der Waals surface area contributed by atoms with Gasteiger partial charge >= 0.3 is 6.09 Å². The van der Waals surface area contributed by atoms with Gasteiger partial charge in [0, 0.05) is 16.4 Å². The van der Waals surface area contributed by atoms with Gasteiger partial charge < -0.3 is 14.8 Å². The summed E-state index contributed by atoms with van der Waals surface area (Å²) >= 11 is 11.8. The molecule has 132 valence electrons. The minimum atomic E-state index is -0.772. The van der Waals surface area contributed by atoms with Gasteiger partial charge in [-0.05, 0) is 49.4 Å². The Morgan fingerprint density at radius 2 is 1.60 bits per heavy atom. The summed E-state index contributed by atoms with van der Waals surface area (Å²) < 4.78 is 10.0. The minimum absolute atomic E-state index is 0.324. The first kappa shape index (κ1) is 18.9. The fourth-order valence-corrected chi connectivity index (χ4v) is 2.32. The lowest BCUT2D eigenvalue weighted by Crippen LogP contribution is -2.30. The van der Waals surface area contributed by atoms with E-state index in [4.69, 9.17) is 27.9 Å². The highest BCUT2D eigenvalue weighted by Gasteiger charge is 2.16. The number of halogens is 2. The highest BCUT2D eigenvalue weighted by atomic mass is 35.5. The van der Waals surface area contributed by atoms with Crippen molar-refractivity contribution in [3.8, 4) is 5.75 Å². The third-order valence-corrected chi connectivity index (χ3v) is 3.68. The largest absolute Gasteiger partial charge is 0.479 e. The Hall–Kier alpha value is -2.44. The van der Waals surface area contributed by atoms with E-state index < -0.39 is 12.2 Å². The first-order valence-corrected chi connectivity index (χ1v) is 8.02. The number of benzene rings is 2. The van der Waals surface area contributed by atoms with Crippen LogP contribution in [0.25, 0.3) is 0 Å². The molecule has 1 atom stereocenters. The van der Waals surface area contributed by atoms with Crippen LogP contribution in [-0.4, -0.2) is 25.2 Å². The van der Waals surface area contributed by atoms with E-state index in [1.54, 1.807) is 43.3 Å². The quantitative estimate of drug-likeness (QED) is 0.793. The lowest BCUT2D eigenvalue weighted by atomic mass is 10.2. The van der Waals surface area contributed by atoms with Crippen LogP contribution in [-0.2, 0) is 9.53 Å². The molecular weight excluding hydrogens is 367 g/mol. The molecule has 0 aliphatic rings. The molecule has 0 aliphatic carbocycles. The SMILES string of the molecule is COC(=O)Nc1ccc(NC(=O)C(C)Oc2ccc(Cl)cc2Cl)cc1. The van der Waals surface area contributed by atoms with E-state index in [1.807, 2.05) is 0 Å². The van der Waals surface area contributed by atoms with Gasteiger partial charge in [0.2, 0.25) is 0 Å². The molecule has 0 bridgehead atoms. The highest BCUT2D eigenvalue weighted by molar-refractivity contribution is 6.35. The van der Waals surface area contributed by atoms with Crippen molar-refractivity contribution in [2.45, 2.75) is 13.0 Å². The molecule has 2 rings (SSSR count). The van der Waals surface area contributed by atoms with Crippen LogP contribution < -0.4 is 15.4 Å². The fourth-order valence-electron chi connectivity index (χ4n) is 1.86. The number of anilines is 2. The molecule has 2 N–H and O–H groups in total. The molecular formula is C17H16Cl2N2O4. The Morgan fingerprint density at radius 3 is 2.16 bits per heavy atom. The van der Waals surface area contributed by atoms with Crippen LogP contribution in [0.5, 0.6) is 5.75 Å². The molecule has 1 unspecified atom stereocenters. The van der Waals surface area contributed by atoms with Crippen LogP contribution in [0.4, 0.5) is 16.2 Å². The van der Waals surface area contributed by atoms with Gasteiger partial charge in [-0.1, -0.05) is 23.2 Å². The Bertz CT molecular complexity index is 766. The second-order valence-corrected chi connectivity index (χ2v) is 5.86. The Balaban J connectivity index is 1.95. The summed E-state index contributed by atoms with van der Waals surface area (Å²) in [6.45, 7) is 1.60. The van der Waals surface area contributed by atoms with Crippen molar-refractivity contribution in [1.29, 1.82) is 0 Å². The van der Waals surface area contributed by atoms with Crippen LogP contribution >= 0.6 is 23.2 Å². The van der Waals surface area contributed by atoms with Crippen LogP contribution in [0, 0.1) is 0 Å². The molecule has 0 aromatic heterocycles. The van der Waals surface area contributed by atoms with Crippen LogP contribution in [0.1, 0.15) is 6.92 Å². The zero-order chi connectivity index (χ0) is 18.4. The number of nitrogens with one attached hydrogen (secondary N) is 2. The van der Waals surface area contributed by atoms with Crippen molar-refractivity contribution >= 4 is 46.6 Å². The predicted octanol–water partition coefficient (Wildman–Crippen LogP) is 4.58. The van der Waals surface area contributed by atoms with Crippen molar-refractivity contribution < 1.29 is 19.1 Å². The maximum absolute atomic E-state index is 12.2. The number of rotatable bonds is 5. The number of methoxy groups -OCH3 is 1. The second-order valence-electron chi connectivity index (χ2n) is 5.02. The van der Waals surface area contributed by atoms with E-state index >= 15 is 0 Å². The monoisotopic (exact) mass is 382 g/mol. The highest BCUT2D eigenvalue weighted by Crippen LogP contribution is 2.28. The summed E-state index contributed by atoms with van der Waals surface area (Å²) in [6.07, 6.45) is -1.34. The summed E-state index contributed by atoms with van der Waals surface area (Å²) in [5.41, 5.74) is 1.10. The summed E-state index contributed by atoms with van der Waals surface area (Å²) in [6, 6.07) is 11.3. The van der Waals surface area contributed by atoms with Gasteiger partial charge in [-0.25, -0.2) is 4.79 Å². The van der Waals surface area contributed by atoms with Gasteiger partial charge in [0.1, 0.15) is 5.75 Å². The standard InChI is InChI=1S/C17H16Cl2N2O4/c1-10(25-15-8-3-11(18)9-14(15)19)16(22)20-12-4-6-13(7-5-12)21-17(23)24-2/h3-10H,1-2H3,(H,20,22)(H,21,23). The topological polar surface area (TPSA) is 76.7 Å². The van der Waals surface area contributed by atoms with Gasteiger partial charge in [0.05, 0.1) is 12.1 Å². The number of carbonyl (C=O) groups is 2. The van der Waals surface area contributed by atoms with Crippen LogP contribution in [0.2, 0.25) is 10.0 Å². The molecule has 2 aromatic carbocycles. The van der Waals surface area contributed by atoms with E-state index in [9.17, 15) is 9.59 Å². The zero-order valence-corrected chi connectivity index (χ0v) is 15.0. The fraction of sp³-hybridized carbons (Fsp3) is 0.176. The average molecular weight is 383 g/mol. The Kier molecular flexibility index (Phi) is 6.50. The molecule has 8 heteroatoms. The maximum Gasteiger partial charge on any atom is 0.411 e. The molecule has 0 aliphatic heterocycles. The van der Waals surface area contributed by atoms with Gasteiger partial charge in [-0.3, -0.25) is 10.1 Å². The van der Waals surface area contributed by atoms with Gasteiger partial charge in [0.25, 0.3) is 5.91 Å². The number of carbonyl (C=O) groups excluding carboxylic acids is 2. The average Bonchev–Trinajstić information content (AvgIpc) is 2.58. The molecule has 6 nitrogen and oxygen atoms in total. The summed E-state index contributed by atoms with van der Waals surface area (Å²) in [5, 5.41) is 6.03. The molecule has 0 spiro atoms. The third kappa shape index (κ3) is 5.55. The number of hydrogen-bond donors (Lipinski definition) is 2. The van der Waals surface area contributed by atoms with E-state index in [0.29, 0.717) is 27.2 Å². The zero-order valence-electron chi connectivity index (χ0n) is 13.5. The van der Waals surface area contributed by atoms with Crippen LogP contribution in [0.3, 0.4) is 0 Å². The van der Waals surface area contributed by atoms with E-state index in [1.165, 1.54) is 13.2 Å². The summed E-state index contributed by atoms with van der Waals surface area (Å²) in [7, 11) is 1.28. The van der Waals surface area contributed by atoms with Crippen molar-refractivity contribution in [2.24, 2.45) is 0 Å². The summed E-state index contributed by atoms with van der Waals surface area (Å²) in [5.74, 6) is 0.0195. The van der Waals surface area contributed by atoms with E-state index in [2.05, 4.69) is 15.4 Å². The summed E-state index contributed by atoms with van der Waals surface area (Å²) in [4.78, 5) is 23.3. The van der Waals surface area contributed by atoms with Gasteiger partial charge in [-0.15, -0.1) is 0 Å². The lowest BCUT2D eigenvalue weighted by Gasteiger charge is -2.16. The molecule has 0 radical (unpaired) electrons. The second kappa shape index (κ2) is 8.60.